The molecule has 34 heavy (non-hydrogen) atoms. The van der Waals surface area contributed by atoms with Crippen LogP contribution in [0, 0.1) is 25.2 Å². The maximum atomic E-state index is 12.9. The number of benzene rings is 2. The van der Waals surface area contributed by atoms with Crippen LogP contribution in [0.1, 0.15) is 23.2 Å². The van der Waals surface area contributed by atoms with Crippen LogP contribution in [0.4, 0.5) is 5.69 Å². The number of fused-ring (bicyclic) bond motifs is 1. The number of nitrogens with one attached hydrogen (secondary N) is 2. The molecule has 0 amide bonds. The van der Waals surface area contributed by atoms with E-state index in [0.29, 0.717) is 40.4 Å². The van der Waals surface area contributed by atoms with Gasteiger partial charge < -0.3 is 9.84 Å². The van der Waals surface area contributed by atoms with Crippen molar-refractivity contribution in [3.05, 3.63) is 59.3 Å². The highest BCUT2D eigenvalue weighted by Crippen LogP contribution is 2.29. The van der Waals surface area contributed by atoms with Gasteiger partial charge in [0.15, 0.2) is 11.5 Å². The molecule has 2 aromatic carbocycles. The molecular formula is C23H22N6O4S. The van der Waals surface area contributed by atoms with E-state index in [1.807, 2.05) is 13.0 Å². The maximum absolute atomic E-state index is 12.9. The summed E-state index contributed by atoms with van der Waals surface area (Å²) in [5.74, 6) is 0.714. The van der Waals surface area contributed by atoms with Gasteiger partial charge in [0.25, 0.3) is 10.0 Å². The van der Waals surface area contributed by atoms with Gasteiger partial charge in [-0.25, -0.2) is 13.4 Å². The Morgan fingerprint density at radius 3 is 2.62 bits per heavy atom. The highest BCUT2D eigenvalue weighted by atomic mass is 32.2. The first-order valence-corrected chi connectivity index (χ1v) is 11.9. The predicted octanol–water partition coefficient (Wildman–Crippen LogP) is 3.07. The number of nitriles is 1. The number of aryl methyl sites for hydroxylation is 2. The van der Waals surface area contributed by atoms with Crippen molar-refractivity contribution < 1.29 is 18.3 Å². The van der Waals surface area contributed by atoms with Crippen LogP contribution in [0.2, 0.25) is 0 Å². The van der Waals surface area contributed by atoms with E-state index in [1.165, 1.54) is 12.1 Å². The largest absolute Gasteiger partial charge is 0.477 e. The van der Waals surface area contributed by atoms with E-state index < -0.39 is 10.0 Å². The summed E-state index contributed by atoms with van der Waals surface area (Å²) in [5, 5.41) is 26.0. The van der Waals surface area contributed by atoms with Crippen molar-refractivity contribution in [1.82, 2.24) is 20.2 Å². The van der Waals surface area contributed by atoms with Gasteiger partial charge in [-0.15, -0.1) is 0 Å². The number of aliphatic hydroxyl groups excluding tert-OH is 1. The highest BCUT2D eigenvalue weighted by Gasteiger charge is 2.20. The van der Waals surface area contributed by atoms with Crippen molar-refractivity contribution in [2.75, 3.05) is 17.9 Å². The van der Waals surface area contributed by atoms with E-state index >= 15 is 0 Å². The third-order valence-corrected chi connectivity index (χ3v) is 6.47. The second-order valence-electron chi connectivity index (χ2n) is 7.62. The molecule has 3 N–H and O–H groups in total. The minimum absolute atomic E-state index is 0.00122. The number of nitrogens with zero attached hydrogens (tertiary/aromatic N) is 4. The number of aromatic nitrogens is 4. The predicted molar refractivity (Wildman–Crippen MR) is 126 cm³/mol. The Kier molecular flexibility index (Phi) is 6.45. The lowest BCUT2D eigenvalue weighted by Crippen LogP contribution is -2.14. The molecule has 0 aliphatic rings. The van der Waals surface area contributed by atoms with Gasteiger partial charge >= 0.3 is 0 Å². The summed E-state index contributed by atoms with van der Waals surface area (Å²) >= 11 is 0. The average Bonchev–Trinajstić information content (AvgIpc) is 3.20. The normalized spacial score (nSPS) is 11.4. The van der Waals surface area contributed by atoms with Gasteiger partial charge in [0.2, 0.25) is 5.88 Å². The number of H-pyrrole nitrogens is 1. The molecule has 4 aromatic rings. The number of aromatic amines is 1. The summed E-state index contributed by atoms with van der Waals surface area (Å²) < 4.78 is 34.0. The molecule has 0 saturated heterocycles. The van der Waals surface area contributed by atoms with Gasteiger partial charge in [-0.3, -0.25) is 9.82 Å². The van der Waals surface area contributed by atoms with Crippen molar-refractivity contribution >= 4 is 26.7 Å². The lowest BCUT2D eigenvalue weighted by Gasteiger charge is -2.11. The molecular weight excluding hydrogens is 456 g/mol. The van der Waals surface area contributed by atoms with Crippen LogP contribution in [0.5, 0.6) is 5.88 Å². The highest BCUT2D eigenvalue weighted by molar-refractivity contribution is 7.92. The number of aliphatic hydroxyl groups is 1. The van der Waals surface area contributed by atoms with Crippen molar-refractivity contribution in [1.29, 1.82) is 5.26 Å². The van der Waals surface area contributed by atoms with Crippen molar-refractivity contribution in [3.63, 3.8) is 0 Å². The summed E-state index contributed by atoms with van der Waals surface area (Å²) in [4.78, 5) is 8.92. The number of hydrogen-bond donors (Lipinski definition) is 3. The Balaban J connectivity index is 1.63. The van der Waals surface area contributed by atoms with Gasteiger partial charge in [0.05, 0.1) is 12.2 Å². The van der Waals surface area contributed by atoms with E-state index in [9.17, 15) is 13.7 Å². The molecule has 0 radical (unpaired) electrons. The quantitative estimate of drug-likeness (QED) is 0.327. The molecule has 2 aromatic heterocycles. The zero-order valence-corrected chi connectivity index (χ0v) is 19.3. The molecule has 0 aliphatic carbocycles. The van der Waals surface area contributed by atoms with Gasteiger partial charge in [0.1, 0.15) is 16.4 Å². The van der Waals surface area contributed by atoms with Gasteiger partial charge in [-0.1, -0.05) is 6.07 Å². The van der Waals surface area contributed by atoms with Crippen molar-refractivity contribution in [2.45, 2.75) is 25.2 Å². The molecule has 0 unspecified atom stereocenters. The summed E-state index contributed by atoms with van der Waals surface area (Å²) in [6, 6.07) is 13.1. The van der Waals surface area contributed by atoms with Gasteiger partial charge in [-0.05, 0) is 55.8 Å². The van der Waals surface area contributed by atoms with Crippen LogP contribution in [0.3, 0.4) is 0 Å². The van der Waals surface area contributed by atoms with Crippen LogP contribution in [0.15, 0.2) is 47.4 Å². The Morgan fingerprint density at radius 2 is 1.91 bits per heavy atom. The number of sulfonamides is 1. The van der Waals surface area contributed by atoms with Crippen LogP contribution < -0.4 is 9.46 Å². The van der Waals surface area contributed by atoms with Crippen LogP contribution in [-0.2, 0) is 10.0 Å². The molecule has 4 rings (SSSR count). The summed E-state index contributed by atoms with van der Waals surface area (Å²) in [5.41, 5.74) is 2.95. The second kappa shape index (κ2) is 9.46. The number of anilines is 1. The molecule has 0 aliphatic heterocycles. The molecule has 0 bridgehead atoms. The fourth-order valence-electron chi connectivity index (χ4n) is 3.34. The first kappa shape index (κ1) is 23.2. The molecule has 174 valence electrons. The summed E-state index contributed by atoms with van der Waals surface area (Å²) in [6.07, 6.45) is 0.459. The standard InChI is InChI=1S/C23H22N6O4S/c1-14-4-5-17(13-24)19(12-14)34(31,32)29-18-8-6-16(7-9-18)21-25-22-20(15(2)27-28-22)23(26-21)33-11-3-10-30/h4-9,12,29-30H,3,10-11H2,1-2H3,(H,25,26,27,28). The Bertz CT molecular complexity index is 1490. The molecule has 10 nitrogen and oxygen atoms in total. The van der Waals surface area contributed by atoms with Crippen molar-refractivity contribution in [3.8, 4) is 23.3 Å². The van der Waals surface area contributed by atoms with Crippen molar-refractivity contribution in [2.24, 2.45) is 0 Å². The van der Waals surface area contributed by atoms with Crippen LogP contribution >= 0.6 is 0 Å². The number of ether oxygens (including phenoxy) is 1. The lowest BCUT2D eigenvalue weighted by molar-refractivity contribution is 0.231. The number of hydrogen-bond acceptors (Lipinski definition) is 8. The topological polar surface area (TPSA) is 154 Å². The summed E-state index contributed by atoms with van der Waals surface area (Å²) in [7, 11) is -3.96. The third kappa shape index (κ3) is 4.68. The number of rotatable bonds is 8. The van der Waals surface area contributed by atoms with E-state index in [-0.39, 0.29) is 23.7 Å². The van der Waals surface area contributed by atoms with Gasteiger partial charge in [0, 0.05) is 30.0 Å². The average molecular weight is 479 g/mol. The SMILES string of the molecule is Cc1ccc(C#N)c(S(=O)(=O)Nc2ccc(-c3nc(OCCCO)c4c(C)[nH]nc4n3)cc2)c1. The smallest absolute Gasteiger partial charge is 0.263 e. The first-order valence-electron chi connectivity index (χ1n) is 10.4. The maximum Gasteiger partial charge on any atom is 0.263 e. The van der Waals surface area contributed by atoms with E-state index in [2.05, 4.69) is 24.9 Å². The zero-order chi connectivity index (χ0) is 24.3. The van der Waals surface area contributed by atoms with E-state index in [1.54, 1.807) is 37.3 Å². The van der Waals surface area contributed by atoms with Crippen LogP contribution in [0.25, 0.3) is 22.4 Å². The fourth-order valence-corrected chi connectivity index (χ4v) is 4.64. The molecule has 0 atom stereocenters. The summed E-state index contributed by atoms with van der Waals surface area (Å²) in [6.45, 7) is 3.89. The monoisotopic (exact) mass is 478 g/mol. The van der Waals surface area contributed by atoms with E-state index in [0.717, 1.165) is 11.3 Å². The Labute approximate surface area is 196 Å². The van der Waals surface area contributed by atoms with Gasteiger partial charge in [-0.2, -0.15) is 15.3 Å². The van der Waals surface area contributed by atoms with E-state index in [4.69, 9.17) is 9.84 Å². The Hall–Kier alpha value is -4.01. The molecule has 2 heterocycles. The first-order chi connectivity index (χ1) is 16.3. The Morgan fingerprint density at radius 1 is 1.15 bits per heavy atom. The second-order valence-corrected chi connectivity index (χ2v) is 9.27. The zero-order valence-electron chi connectivity index (χ0n) is 18.5. The lowest BCUT2D eigenvalue weighted by atomic mass is 10.2. The third-order valence-electron chi connectivity index (χ3n) is 5.04. The van der Waals surface area contributed by atoms with Crippen LogP contribution in [-0.4, -0.2) is 46.9 Å². The molecule has 11 heteroatoms. The minimum Gasteiger partial charge on any atom is -0.477 e. The molecule has 0 spiro atoms. The fraction of sp³-hybridized carbons (Fsp3) is 0.217. The minimum atomic E-state index is -3.96. The molecule has 0 saturated carbocycles. The molecule has 0 fully saturated rings.